The number of amides is 1. The minimum absolute atomic E-state index is 0.0954. The van der Waals surface area contributed by atoms with Crippen LogP contribution in [0.25, 0.3) is 0 Å². The van der Waals surface area contributed by atoms with E-state index in [0.29, 0.717) is 5.69 Å². The van der Waals surface area contributed by atoms with Crippen LogP contribution < -0.4 is 5.32 Å². The van der Waals surface area contributed by atoms with Crippen LogP contribution in [0.4, 0.5) is 5.69 Å². The number of carbonyl (C=O) groups excluding carboxylic acids is 1. The molecule has 0 bridgehead atoms. The van der Waals surface area contributed by atoms with Gasteiger partial charge in [0.2, 0.25) is 0 Å². The van der Waals surface area contributed by atoms with Gasteiger partial charge < -0.3 is 5.32 Å². The van der Waals surface area contributed by atoms with Crippen LogP contribution >= 0.6 is 0 Å². The Kier molecular flexibility index (Phi) is 3.84. The van der Waals surface area contributed by atoms with Crippen LogP contribution in [-0.2, 0) is 5.41 Å². The predicted octanol–water partition coefficient (Wildman–Crippen LogP) is 3.33. The number of carbonyl (C=O) groups is 1. The molecule has 0 saturated heterocycles. The summed E-state index contributed by atoms with van der Waals surface area (Å²) in [7, 11) is 0. The molecule has 0 atom stereocenters. The van der Waals surface area contributed by atoms with Crippen LogP contribution in [0.3, 0.4) is 0 Å². The topological polar surface area (TPSA) is 54.9 Å². The number of anilines is 1. The van der Waals surface area contributed by atoms with Crippen molar-refractivity contribution in [2.45, 2.75) is 33.1 Å². The molecule has 20 heavy (non-hydrogen) atoms. The normalized spacial score (nSPS) is 11.2. The summed E-state index contributed by atoms with van der Waals surface area (Å²) in [6.45, 7) is 8.49. The zero-order valence-corrected chi connectivity index (χ0v) is 12.3. The summed E-state index contributed by atoms with van der Waals surface area (Å²) in [4.78, 5) is 19.9. The van der Waals surface area contributed by atoms with E-state index in [2.05, 4.69) is 42.1 Å². The van der Waals surface area contributed by atoms with Crippen molar-refractivity contribution < 1.29 is 4.79 Å². The lowest BCUT2D eigenvalue weighted by atomic mass is 9.86. The van der Waals surface area contributed by atoms with Crippen molar-refractivity contribution in [1.29, 1.82) is 0 Å². The van der Waals surface area contributed by atoms with Crippen molar-refractivity contribution in [2.75, 3.05) is 5.32 Å². The van der Waals surface area contributed by atoms with Gasteiger partial charge >= 0.3 is 0 Å². The first kappa shape index (κ1) is 14.2. The first-order chi connectivity index (χ1) is 9.38. The van der Waals surface area contributed by atoms with E-state index in [1.165, 1.54) is 18.0 Å². The Labute approximate surface area is 119 Å². The Morgan fingerprint density at radius 2 is 1.95 bits per heavy atom. The summed E-state index contributed by atoms with van der Waals surface area (Å²) in [5, 5.41) is 2.86. The lowest BCUT2D eigenvalue weighted by Crippen LogP contribution is -2.16. The fourth-order valence-corrected chi connectivity index (χ4v) is 1.87. The van der Waals surface area contributed by atoms with Gasteiger partial charge in [0, 0.05) is 18.1 Å². The maximum Gasteiger partial charge on any atom is 0.275 e. The van der Waals surface area contributed by atoms with Crippen LogP contribution in [-0.4, -0.2) is 15.9 Å². The molecule has 4 heteroatoms. The van der Waals surface area contributed by atoms with Crippen molar-refractivity contribution in [3.63, 3.8) is 0 Å². The molecule has 1 amide bonds. The van der Waals surface area contributed by atoms with E-state index in [0.717, 1.165) is 11.3 Å². The second kappa shape index (κ2) is 5.41. The van der Waals surface area contributed by atoms with Crippen molar-refractivity contribution in [3.05, 3.63) is 53.6 Å². The average molecular weight is 269 g/mol. The summed E-state index contributed by atoms with van der Waals surface area (Å²) in [5.74, 6) is -0.246. The van der Waals surface area contributed by atoms with Gasteiger partial charge in [0.1, 0.15) is 5.69 Å². The molecule has 1 aromatic heterocycles. The van der Waals surface area contributed by atoms with Gasteiger partial charge in [-0.1, -0.05) is 32.9 Å². The third-order valence-electron chi connectivity index (χ3n) is 3.14. The molecule has 0 unspecified atom stereocenters. The second-order valence-electron chi connectivity index (χ2n) is 5.82. The molecule has 1 heterocycles. The molecule has 0 radical (unpaired) electrons. The summed E-state index contributed by atoms with van der Waals surface area (Å²) < 4.78 is 0. The highest BCUT2D eigenvalue weighted by Gasteiger charge is 2.15. The molecule has 0 spiro atoms. The average Bonchev–Trinajstić information content (AvgIpc) is 2.41. The highest BCUT2D eigenvalue weighted by molar-refractivity contribution is 6.03. The van der Waals surface area contributed by atoms with Gasteiger partial charge in [0.25, 0.3) is 5.91 Å². The minimum Gasteiger partial charge on any atom is -0.320 e. The van der Waals surface area contributed by atoms with Crippen LogP contribution in [0, 0.1) is 6.92 Å². The van der Waals surface area contributed by atoms with E-state index in [1.807, 2.05) is 19.1 Å². The Balaban J connectivity index is 2.21. The maximum atomic E-state index is 12.0. The molecule has 2 rings (SSSR count). The van der Waals surface area contributed by atoms with E-state index >= 15 is 0 Å². The molecule has 1 N–H and O–H groups in total. The zero-order chi connectivity index (χ0) is 14.8. The zero-order valence-electron chi connectivity index (χ0n) is 12.3. The molecule has 4 nitrogen and oxygen atoms in total. The van der Waals surface area contributed by atoms with Crippen molar-refractivity contribution in [3.8, 4) is 0 Å². The highest BCUT2D eigenvalue weighted by Crippen LogP contribution is 2.26. The molecule has 0 aliphatic carbocycles. The van der Waals surface area contributed by atoms with E-state index in [1.54, 1.807) is 6.20 Å². The van der Waals surface area contributed by atoms with Crippen molar-refractivity contribution >= 4 is 11.6 Å². The van der Waals surface area contributed by atoms with Gasteiger partial charge in [-0.3, -0.25) is 9.78 Å². The van der Waals surface area contributed by atoms with Gasteiger partial charge in [-0.05, 0) is 29.5 Å². The third-order valence-corrected chi connectivity index (χ3v) is 3.14. The Hall–Kier alpha value is -2.23. The second-order valence-corrected chi connectivity index (χ2v) is 5.82. The van der Waals surface area contributed by atoms with Crippen LogP contribution in [0.1, 0.15) is 42.4 Å². The molecule has 0 fully saturated rings. The van der Waals surface area contributed by atoms with Crippen LogP contribution in [0.15, 0.2) is 36.8 Å². The third kappa shape index (κ3) is 3.20. The molecule has 0 aliphatic heterocycles. The molecule has 0 saturated carbocycles. The number of benzene rings is 1. The number of aromatic nitrogens is 2. The fourth-order valence-electron chi connectivity index (χ4n) is 1.87. The van der Waals surface area contributed by atoms with Gasteiger partial charge in [0.05, 0.1) is 6.20 Å². The van der Waals surface area contributed by atoms with Crippen molar-refractivity contribution in [1.82, 2.24) is 9.97 Å². The molecule has 104 valence electrons. The van der Waals surface area contributed by atoms with Crippen LogP contribution in [0.2, 0.25) is 0 Å². The lowest BCUT2D eigenvalue weighted by Gasteiger charge is -2.20. The first-order valence-corrected chi connectivity index (χ1v) is 6.56. The van der Waals surface area contributed by atoms with Gasteiger partial charge in [-0.15, -0.1) is 0 Å². The van der Waals surface area contributed by atoms with Gasteiger partial charge in [-0.25, -0.2) is 4.98 Å². The minimum atomic E-state index is -0.246. The summed E-state index contributed by atoms with van der Waals surface area (Å²) in [6, 6.07) is 6.08. The standard InChI is InChI=1S/C16H19N3O/c1-11-9-12(16(2,3)4)5-6-13(11)19-15(20)14-10-17-7-8-18-14/h5-10H,1-4H3,(H,19,20). The Morgan fingerprint density at radius 3 is 2.50 bits per heavy atom. The number of hydrogen-bond acceptors (Lipinski definition) is 3. The van der Waals surface area contributed by atoms with E-state index in [4.69, 9.17) is 0 Å². The van der Waals surface area contributed by atoms with Gasteiger partial charge in [-0.2, -0.15) is 0 Å². The van der Waals surface area contributed by atoms with Crippen LogP contribution in [0.5, 0.6) is 0 Å². The summed E-state index contributed by atoms with van der Waals surface area (Å²) in [5.41, 5.74) is 3.49. The molecule has 0 aliphatic rings. The number of aryl methyl sites for hydroxylation is 1. The summed E-state index contributed by atoms with van der Waals surface area (Å²) >= 11 is 0. The lowest BCUT2D eigenvalue weighted by molar-refractivity contribution is 0.102. The number of nitrogens with one attached hydrogen (secondary N) is 1. The quantitative estimate of drug-likeness (QED) is 0.909. The monoisotopic (exact) mass is 269 g/mol. The first-order valence-electron chi connectivity index (χ1n) is 6.56. The van der Waals surface area contributed by atoms with E-state index < -0.39 is 0 Å². The number of rotatable bonds is 2. The molecular formula is C16H19N3O. The van der Waals surface area contributed by atoms with Gasteiger partial charge in [0.15, 0.2) is 0 Å². The Bertz CT molecular complexity index is 615. The number of hydrogen-bond donors (Lipinski definition) is 1. The predicted molar refractivity (Wildman–Crippen MR) is 79.9 cm³/mol. The van der Waals surface area contributed by atoms with Crippen molar-refractivity contribution in [2.24, 2.45) is 0 Å². The molecule has 1 aromatic carbocycles. The maximum absolute atomic E-state index is 12.0. The fraction of sp³-hybridized carbons (Fsp3) is 0.312. The van der Waals surface area contributed by atoms with E-state index in [9.17, 15) is 4.79 Å². The number of nitrogens with zero attached hydrogens (tertiary/aromatic N) is 2. The molecule has 2 aromatic rings. The highest BCUT2D eigenvalue weighted by atomic mass is 16.1. The van der Waals surface area contributed by atoms with E-state index in [-0.39, 0.29) is 11.3 Å². The summed E-state index contributed by atoms with van der Waals surface area (Å²) in [6.07, 6.45) is 4.50. The smallest absolute Gasteiger partial charge is 0.275 e. The Morgan fingerprint density at radius 1 is 1.20 bits per heavy atom. The largest absolute Gasteiger partial charge is 0.320 e. The molecular weight excluding hydrogens is 250 g/mol. The SMILES string of the molecule is Cc1cc(C(C)(C)C)ccc1NC(=O)c1cnccn1.